The Labute approximate surface area is 183 Å². The molecule has 1 saturated heterocycles. The van der Waals surface area contributed by atoms with Crippen LogP contribution in [0.2, 0.25) is 0 Å². The number of hydrogen-bond donors (Lipinski definition) is 3. The molecule has 8 nitrogen and oxygen atoms in total. The third kappa shape index (κ3) is 5.04. The summed E-state index contributed by atoms with van der Waals surface area (Å²) in [6.45, 7) is 7.87. The first-order valence-electron chi connectivity index (χ1n) is 10.8. The van der Waals surface area contributed by atoms with Gasteiger partial charge in [0.05, 0.1) is 17.5 Å². The van der Waals surface area contributed by atoms with Gasteiger partial charge in [-0.1, -0.05) is 24.3 Å². The Morgan fingerprint density at radius 3 is 2.71 bits per heavy atom. The lowest BCUT2D eigenvalue weighted by atomic mass is 10.1. The van der Waals surface area contributed by atoms with Crippen LogP contribution in [0.1, 0.15) is 39.2 Å². The van der Waals surface area contributed by atoms with E-state index >= 15 is 0 Å². The van der Waals surface area contributed by atoms with Crippen LogP contribution in [0.5, 0.6) is 0 Å². The fourth-order valence-electron chi connectivity index (χ4n) is 3.95. The molecule has 8 heteroatoms. The molecule has 3 aromatic rings. The lowest BCUT2D eigenvalue weighted by molar-refractivity contribution is -0.241. The number of nitrogens with zero attached hydrogens (tertiary/aromatic N) is 4. The molecule has 0 saturated carbocycles. The lowest BCUT2D eigenvalue weighted by Crippen LogP contribution is -2.46. The van der Waals surface area contributed by atoms with E-state index in [1.54, 1.807) is 0 Å². The number of aliphatic hydroxyl groups excluding tert-OH is 1. The summed E-state index contributed by atoms with van der Waals surface area (Å²) in [6, 6.07) is 12.2. The molecule has 0 amide bonds. The molecule has 2 aromatic heterocycles. The molecule has 0 bridgehead atoms. The van der Waals surface area contributed by atoms with Crippen molar-refractivity contribution < 1.29 is 9.84 Å². The van der Waals surface area contributed by atoms with Crippen molar-refractivity contribution in [1.82, 2.24) is 19.5 Å². The number of benzene rings is 1. The number of nitrogens with one attached hydrogen (secondary N) is 1. The standard InChI is InChI=1S/C23H32N6O2/c1-23(2,3)31-22(30)28-12-4-5-18(28)14-25-20-10-11-21-26-15-19(29(21)27-20)17-8-6-16(13-24)7-9-17/h6-11,15,18,22,30H,4-5,12-14,24H2,1-3H3,(H,25,27)/t18-,22?/m1/s1. The van der Waals surface area contributed by atoms with Gasteiger partial charge >= 0.3 is 0 Å². The predicted molar refractivity (Wildman–Crippen MR) is 121 cm³/mol. The van der Waals surface area contributed by atoms with Crippen LogP contribution in [0.25, 0.3) is 16.9 Å². The van der Waals surface area contributed by atoms with Crippen molar-refractivity contribution in [2.45, 2.75) is 58.2 Å². The van der Waals surface area contributed by atoms with Crippen molar-refractivity contribution in [2.24, 2.45) is 5.73 Å². The highest BCUT2D eigenvalue weighted by Crippen LogP contribution is 2.24. The van der Waals surface area contributed by atoms with Crippen LogP contribution < -0.4 is 11.1 Å². The maximum absolute atomic E-state index is 10.5. The van der Waals surface area contributed by atoms with E-state index in [0.29, 0.717) is 13.1 Å². The Morgan fingerprint density at radius 1 is 1.23 bits per heavy atom. The summed E-state index contributed by atoms with van der Waals surface area (Å²) in [4.78, 5) is 6.49. The number of aromatic nitrogens is 3. The molecule has 1 aliphatic rings. The second-order valence-electron chi connectivity index (χ2n) is 9.00. The zero-order chi connectivity index (χ0) is 22.0. The number of nitrogens with two attached hydrogens (primary N) is 1. The van der Waals surface area contributed by atoms with Crippen molar-refractivity contribution in [2.75, 3.05) is 18.4 Å². The Morgan fingerprint density at radius 2 is 2.00 bits per heavy atom. The number of hydrogen-bond acceptors (Lipinski definition) is 7. The smallest absolute Gasteiger partial charge is 0.216 e. The predicted octanol–water partition coefficient (Wildman–Crippen LogP) is 2.82. The number of anilines is 1. The van der Waals surface area contributed by atoms with Gasteiger partial charge in [0, 0.05) is 31.2 Å². The summed E-state index contributed by atoms with van der Waals surface area (Å²) in [7, 11) is 0. The fraction of sp³-hybridized carbons (Fsp3) is 0.478. The molecule has 4 N–H and O–H groups in total. The van der Waals surface area contributed by atoms with E-state index in [1.807, 2.05) is 72.8 Å². The molecular formula is C23H32N6O2. The first-order valence-corrected chi connectivity index (χ1v) is 10.8. The third-order valence-corrected chi connectivity index (χ3v) is 5.53. The van der Waals surface area contributed by atoms with Gasteiger partial charge in [0.25, 0.3) is 0 Å². The minimum atomic E-state index is -0.901. The van der Waals surface area contributed by atoms with E-state index in [9.17, 15) is 5.11 Å². The highest BCUT2D eigenvalue weighted by atomic mass is 16.6. The maximum Gasteiger partial charge on any atom is 0.216 e. The van der Waals surface area contributed by atoms with Crippen LogP contribution in [0, 0.1) is 0 Å². The van der Waals surface area contributed by atoms with Crippen LogP contribution in [0.15, 0.2) is 42.6 Å². The lowest BCUT2D eigenvalue weighted by Gasteiger charge is -2.33. The highest BCUT2D eigenvalue weighted by molar-refractivity contribution is 5.64. The molecule has 31 heavy (non-hydrogen) atoms. The first-order chi connectivity index (χ1) is 14.8. The van der Waals surface area contributed by atoms with Gasteiger partial charge in [-0.05, 0) is 51.3 Å². The second-order valence-corrected chi connectivity index (χ2v) is 9.00. The van der Waals surface area contributed by atoms with Crippen LogP contribution in [0.4, 0.5) is 5.82 Å². The van der Waals surface area contributed by atoms with E-state index in [-0.39, 0.29) is 6.04 Å². The van der Waals surface area contributed by atoms with Gasteiger partial charge < -0.3 is 20.9 Å². The molecule has 0 radical (unpaired) electrons. The summed E-state index contributed by atoms with van der Waals surface area (Å²) < 4.78 is 7.60. The van der Waals surface area contributed by atoms with Gasteiger partial charge in [-0.3, -0.25) is 4.90 Å². The van der Waals surface area contributed by atoms with Gasteiger partial charge in [-0.15, -0.1) is 5.10 Å². The van der Waals surface area contributed by atoms with Crippen LogP contribution in [-0.2, 0) is 11.3 Å². The van der Waals surface area contributed by atoms with E-state index < -0.39 is 12.0 Å². The number of imidazole rings is 1. The van der Waals surface area contributed by atoms with Gasteiger partial charge in [0.15, 0.2) is 5.65 Å². The van der Waals surface area contributed by atoms with E-state index in [2.05, 4.69) is 10.3 Å². The first kappa shape index (κ1) is 21.7. The van der Waals surface area contributed by atoms with E-state index in [1.165, 1.54) is 0 Å². The normalized spacial score (nSPS) is 18.5. The quantitative estimate of drug-likeness (QED) is 0.501. The minimum Gasteiger partial charge on any atom is -0.367 e. The number of aliphatic hydroxyl groups is 1. The van der Waals surface area contributed by atoms with Crippen molar-refractivity contribution in [1.29, 1.82) is 0 Å². The number of fused-ring (bicyclic) bond motifs is 1. The summed E-state index contributed by atoms with van der Waals surface area (Å²) in [5.74, 6) is 0.767. The molecule has 4 rings (SSSR count). The van der Waals surface area contributed by atoms with Crippen molar-refractivity contribution in [3.8, 4) is 11.3 Å². The molecule has 0 spiro atoms. The van der Waals surface area contributed by atoms with Crippen molar-refractivity contribution >= 4 is 11.5 Å². The SMILES string of the molecule is CC(C)(C)OC(O)N1CCC[C@@H]1CNc1ccc2ncc(-c3ccc(CN)cc3)n2n1. The van der Waals surface area contributed by atoms with E-state index in [4.69, 9.17) is 15.6 Å². The molecule has 1 unspecified atom stereocenters. The minimum absolute atomic E-state index is 0.181. The Kier molecular flexibility index (Phi) is 6.24. The van der Waals surface area contributed by atoms with E-state index in [0.717, 1.165) is 47.7 Å². The molecule has 1 fully saturated rings. The van der Waals surface area contributed by atoms with Crippen LogP contribution in [0.3, 0.4) is 0 Å². The van der Waals surface area contributed by atoms with Crippen LogP contribution in [-0.4, -0.2) is 55.8 Å². The largest absolute Gasteiger partial charge is 0.367 e. The molecule has 1 aromatic carbocycles. The zero-order valence-corrected chi connectivity index (χ0v) is 18.5. The fourth-order valence-corrected chi connectivity index (χ4v) is 3.95. The average Bonchev–Trinajstić information content (AvgIpc) is 3.38. The summed E-state index contributed by atoms with van der Waals surface area (Å²) in [6.07, 6.45) is 2.97. The molecule has 166 valence electrons. The summed E-state index contributed by atoms with van der Waals surface area (Å²) in [5, 5.41) is 18.7. The molecule has 1 aliphatic heterocycles. The number of rotatable bonds is 7. The van der Waals surface area contributed by atoms with Gasteiger partial charge in [0.2, 0.25) is 6.41 Å². The van der Waals surface area contributed by atoms with Gasteiger partial charge in [-0.2, -0.15) is 0 Å². The Balaban J connectivity index is 1.47. The van der Waals surface area contributed by atoms with Crippen LogP contribution >= 0.6 is 0 Å². The van der Waals surface area contributed by atoms with Gasteiger partial charge in [0.1, 0.15) is 5.82 Å². The average molecular weight is 425 g/mol. The summed E-state index contributed by atoms with van der Waals surface area (Å²) >= 11 is 0. The Hall–Kier alpha value is -2.52. The number of ether oxygens (including phenoxy) is 1. The topological polar surface area (TPSA) is 101 Å². The molecular weight excluding hydrogens is 392 g/mol. The molecule has 2 atom stereocenters. The second kappa shape index (κ2) is 8.92. The van der Waals surface area contributed by atoms with Crippen molar-refractivity contribution in [3.63, 3.8) is 0 Å². The van der Waals surface area contributed by atoms with Crippen molar-refractivity contribution in [3.05, 3.63) is 48.2 Å². The zero-order valence-electron chi connectivity index (χ0n) is 18.5. The monoisotopic (exact) mass is 424 g/mol. The maximum atomic E-state index is 10.5. The Bertz CT molecular complexity index is 1010. The third-order valence-electron chi connectivity index (χ3n) is 5.53. The van der Waals surface area contributed by atoms with Gasteiger partial charge in [-0.25, -0.2) is 9.50 Å². The molecule has 3 heterocycles. The highest BCUT2D eigenvalue weighted by Gasteiger charge is 2.32. The molecule has 0 aliphatic carbocycles. The summed E-state index contributed by atoms with van der Waals surface area (Å²) in [5.41, 5.74) is 9.16. The number of likely N-dealkylation sites (tertiary alicyclic amines) is 1.